The van der Waals surface area contributed by atoms with E-state index in [9.17, 15) is 33.9 Å². The van der Waals surface area contributed by atoms with Gasteiger partial charge >= 0.3 is 11.9 Å². The first-order chi connectivity index (χ1) is 18.5. The number of nitrogens with two attached hydrogens (primary N) is 2. The number of aliphatic carboxylic acids is 2. The molecule has 0 spiro atoms. The normalized spacial score (nSPS) is 13.8. The van der Waals surface area contributed by atoms with Gasteiger partial charge in [-0.15, -0.1) is 0 Å². The number of hydrogen-bond acceptors (Lipinski definition) is 8. The van der Waals surface area contributed by atoms with Crippen LogP contribution in [0.5, 0.6) is 0 Å². The van der Waals surface area contributed by atoms with E-state index in [0.717, 1.165) is 0 Å². The number of aromatic nitrogens is 2. The number of imidazole rings is 1. The van der Waals surface area contributed by atoms with E-state index < -0.39 is 66.2 Å². The molecule has 1 aromatic carbocycles. The average molecular weight is 546 g/mol. The minimum Gasteiger partial charge on any atom is -0.481 e. The topological polar surface area (TPSA) is 260 Å². The molecule has 0 fully saturated rings. The Labute approximate surface area is 222 Å². The van der Waals surface area contributed by atoms with Gasteiger partial charge in [0.25, 0.3) is 0 Å². The number of carbonyl (C=O) groups excluding carboxylic acids is 4. The smallest absolute Gasteiger partial charge is 0.326 e. The van der Waals surface area contributed by atoms with Crippen LogP contribution in [-0.4, -0.2) is 79.9 Å². The first-order valence-corrected chi connectivity index (χ1v) is 11.9. The van der Waals surface area contributed by atoms with E-state index in [-0.39, 0.29) is 25.7 Å². The zero-order valence-corrected chi connectivity index (χ0v) is 20.8. The van der Waals surface area contributed by atoms with Gasteiger partial charge in [0.15, 0.2) is 0 Å². The van der Waals surface area contributed by atoms with Gasteiger partial charge in [0, 0.05) is 31.2 Å². The van der Waals surface area contributed by atoms with Gasteiger partial charge in [0.1, 0.15) is 18.1 Å². The third kappa shape index (κ3) is 10.6. The summed E-state index contributed by atoms with van der Waals surface area (Å²) in [6, 6.07) is 3.23. The fourth-order valence-corrected chi connectivity index (χ4v) is 3.52. The van der Waals surface area contributed by atoms with Crippen LogP contribution in [-0.2, 0) is 41.6 Å². The predicted octanol–water partition coefficient (Wildman–Crippen LogP) is -2.20. The highest BCUT2D eigenvalue weighted by molar-refractivity contribution is 5.95. The molecule has 15 heteroatoms. The van der Waals surface area contributed by atoms with Crippen LogP contribution in [0.4, 0.5) is 0 Å². The van der Waals surface area contributed by atoms with Crippen molar-refractivity contribution in [1.29, 1.82) is 0 Å². The molecule has 2 aromatic rings. The van der Waals surface area contributed by atoms with Gasteiger partial charge in [-0.25, -0.2) is 9.78 Å². The molecule has 0 radical (unpaired) electrons. The Morgan fingerprint density at radius 1 is 0.872 bits per heavy atom. The molecular weight excluding hydrogens is 514 g/mol. The fourth-order valence-electron chi connectivity index (χ4n) is 3.52. The summed E-state index contributed by atoms with van der Waals surface area (Å²) in [5.74, 6) is -6.08. The van der Waals surface area contributed by atoms with Gasteiger partial charge in [-0.3, -0.25) is 24.0 Å². The zero-order valence-electron chi connectivity index (χ0n) is 20.8. The summed E-state index contributed by atoms with van der Waals surface area (Å²) in [5.41, 5.74) is 12.0. The number of H-pyrrole nitrogens is 1. The predicted molar refractivity (Wildman–Crippen MR) is 135 cm³/mol. The Kier molecular flexibility index (Phi) is 11.6. The van der Waals surface area contributed by atoms with Gasteiger partial charge in [-0.1, -0.05) is 30.3 Å². The quantitative estimate of drug-likeness (QED) is 0.113. The monoisotopic (exact) mass is 545 g/mol. The number of nitrogens with zero attached hydrogens (tertiary/aromatic N) is 1. The van der Waals surface area contributed by atoms with Crippen molar-refractivity contribution in [2.24, 2.45) is 11.5 Å². The molecule has 39 heavy (non-hydrogen) atoms. The van der Waals surface area contributed by atoms with E-state index in [1.807, 2.05) is 0 Å². The number of carboxylic acids is 2. The standard InChI is InChI=1S/C24H31N7O8/c25-15(6-7-20(33)34)21(35)29-16(8-13-4-2-1-3-5-13)22(36)30-17(9-14-11-27-12-28-14)23(37)31-18(24(38)39)10-19(26)32/h1-5,11-12,15-18H,6-10,25H2,(H2,26,32)(H,27,28)(H,29,35)(H,30,36)(H,31,37)(H,33,34)(H,38,39). The van der Waals surface area contributed by atoms with Crippen LogP contribution < -0.4 is 27.4 Å². The molecule has 0 saturated heterocycles. The number of benzene rings is 1. The van der Waals surface area contributed by atoms with Crippen LogP contribution in [0.3, 0.4) is 0 Å². The van der Waals surface area contributed by atoms with Crippen molar-refractivity contribution >= 4 is 35.6 Å². The van der Waals surface area contributed by atoms with E-state index in [2.05, 4.69) is 25.9 Å². The number of carboxylic acid groups (broad SMARTS) is 2. The third-order valence-electron chi connectivity index (χ3n) is 5.55. The Balaban J connectivity index is 2.26. The molecule has 0 bridgehead atoms. The average Bonchev–Trinajstić information content (AvgIpc) is 3.39. The minimum absolute atomic E-state index is 0.00187. The van der Waals surface area contributed by atoms with Gasteiger partial charge in [0.2, 0.25) is 23.6 Å². The minimum atomic E-state index is -1.64. The number of nitrogens with one attached hydrogen (secondary N) is 4. The highest BCUT2D eigenvalue weighted by atomic mass is 16.4. The maximum Gasteiger partial charge on any atom is 0.326 e. The van der Waals surface area contributed by atoms with Crippen LogP contribution in [0.25, 0.3) is 0 Å². The SMILES string of the molecule is NC(=O)CC(NC(=O)C(Cc1cnc[nH]1)NC(=O)C(Cc1ccccc1)NC(=O)C(N)CCC(=O)O)C(=O)O. The van der Waals surface area contributed by atoms with Gasteiger partial charge in [-0.05, 0) is 12.0 Å². The number of amides is 4. The second kappa shape index (κ2) is 14.8. The summed E-state index contributed by atoms with van der Waals surface area (Å²) < 4.78 is 0. The van der Waals surface area contributed by atoms with Crippen LogP contribution in [0, 0.1) is 0 Å². The van der Waals surface area contributed by atoms with E-state index in [0.29, 0.717) is 11.3 Å². The second-order valence-corrected chi connectivity index (χ2v) is 8.70. The van der Waals surface area contributed by atoms with Gasteiger partial charge in [-0.2, -0.15) is 0 Å². The molecule has 1 aromatic heterocycles. The lowest BCUT2D eigenvalue weighted by molar-refractivity contribution is -0.143. The molecule has 10 N–H and O–H groups in total. The molecule has 210 valence electrons. The lowest BCUT2D eigenvalue weighted by Gasteiger charge is -2.25. The summed E-state index contributed by atoms with van der Waals surface area (Å²) >= 11 is 0. The molecule has 1 heterocycles. The molecular formula is C24H31N7O8. The molecule has 4 unspecified atom stereocenters. The van der Waals surface area contributed by atoms with Crippen molar-refractivity contribution in [3.8, 4) is 0 Å². The number of rotatable bonds is 16. The second-order valence-electron chi connectivity index (χ2n) is 8.70. The largest absolute Gasteiger partial charge is 0.481 e. The van der Waals surface area contributed by atoms with Crippen molar-refractivity contribution in [3.05, 3.63) is 54.1 Å². The molecule has 4 atom stereocenters. The molecule has 15 nitrogen and oxygen atoms in total. The summed E-state index contributed by atoms with van der Waals surface area (Å²) in [5, 5.41) is 25.4. The Morgan fingerprint density at radius 3 is 2.00 bits per heavy atom. The van der Waals surface area contributed by atoms with E-state index in [4.69, 9.17) is 16.6 Å². The van der Waals surface area contributed by atoms with Gasteiger partial charge in [0.05, 0.1) is 18.8 Å². The third-order valence-corrected chi connectivity index (χ3v) is 5.55. The van der Waals surface area contributed by atoms with Crippen molar-refractivity contribution in [2.45, 2.75) is 56.3 Å². The fraction of sp³-hybridized carbons (Fsp3) is 0.375. The first kappa shape index (κ1) is 30.4. The summed E-state index contributed by atoms with van der Waals surface area (Å²) in [4.78, 5) is 79.2. The molecule has 0 saturated carbocycles. The maximum atomic E-state index is 13.4. The molecule has 0 aliphatic rings. The van der Waals surface area contributed by atoms with Crippen molar-refractivity contribution in [2.75, 3.05) is 0 Å². The maximum absolute atomic E-state index is 13.4. The van der Waals surface area contributed by atoms with E-state index >= 15 is 0 Å². The van der Waals surface area contributed by atoms with Crippen LogP contribution in [0.15, 0.2) is 42.9 Å². The van der Waals surface area contributed by atoms with Crippen molar-refractivity contribution in [1.82, 2.24) is 25.9 Å². The number of carbonyl (C=O) groups is 6. The highest BCUT2D eigenvalue weighted by Crippen LogP contribution is 2.07. The van der Waals surface area contributed by atoms with E-state index in [1.54, 1.807) is 30.3 Å². The molecule has 4 amide bonds. The van der Waals surface area contributed by atoms with E-state index in [1.165, 1.54) is 12.5 Å². The Morgan fingerprint density at radius 2 is 1.46 bits per heavy atom. The number of hydrogen-bond donors (Lipinski definition) is 8. The molecule has 2 rings (SSSR count). The van der Waals surface area contributed by atoms with Crippen LogP contribution >= 0.6 is 0 Å². The molecule has 0 aliphatic carbocycles. The number of primary amides is 1. The summed E-state index contributed by atoms with van der Waals surface area (Å²) in [6.07, 6.45) is 1.42. The van der Waals surface area contributed by atoms with Crippen LogP contribution in [0.1, 0.15) is 30.5 Å². The highest BCUT2D eigenvalue weighted by Gasteiger charge is 2.31. The number of aromatic amines is 1. The first-order valence-electron chi connectivity index (χ1n) is 11.9. The lowest BCUT2D eigenvalue weighted by Crippen LogP contribution is -2.58. The Bertz CT molecular complexity index is 1160. The lowest BCUT2D eigenvalue weighted by atomic mass is 10.0. The van der Waals surface area contributed by atoms with Crippen LogP contribution in [0.2, 0.25) is 0 Å². The summed E-state index contributed by atoms with van der Waals surface area (Å²) in [7, 11) is 0. The zero-order chi connectivity index (χ0) is 28.9. The van der Waals surface area contributed by atoms with Crippen molar-refractivity contribution in [3.63, 3.8) is 0 Å². The summed E-state index contributed by atoms with van der Waals surface area (Å²) in [6.45, 7) is 0. The van der Waals surface area contributed by atoms with Crippen molar-refractivity contribution < 1.29 is 39.0 Å². The Hall–Kier alpha value is -4.79. The van der Waals surface area contributed by atoms with Gasteiger partial charge < -0.3 is 42.6 Å². The molecule has 0 aliphatic heterocycles.